The van der Waals surface area contributed by atoms with Crippen LogP contribution in [0.15, 0.2) is 78.9 Å². The lowest BCUT2D eigenvalue weighted by molar-refractivity contribution is -0.142. The van der Waals surface area contributed by atoms with Gasteiger partial charge >= 0.3 is 5.97 Å². The van der Waals surface area contributed by atoms with E-state index in [1.807, 2.05) is 37.3 Å². The zero-order valence-corrected chi connectivity index (χ0v) is 16.3. The quantitative estimate of drug-likeness (QED) is 0.363. The summed E-state index contributed by atoms with van der Waals surface area (Å²) >= 11 is 5.86. The largest absolute Gasteiger partial charge is 0.489 e. The average Bonchev–Trinajstić information content (AvgIpc) is 2.73. The minimum atomic E-state index is -0.699. The Hall–Kier alpha value is -2.98. The third-order valence-corrected chi connectivity index (χ3v) is 4.27. The molecule has 0 heterocycles. The van der Waals surface area contributed by atoms with Gasteiger partial charge in [-0.05, 0) is 60.5 Å². The van der Waals surface area contributed by atoms with E-state index in [0.29, 0.717) is 35.3 Å². The van der Waals surface area contributed by atoms with E-state index in [1.54, 1.807) is 48.5 Å². The van der Waals surface area contributed by atoms with E-state index < -0.39 is 12.1 Å². The molecule has 0 aromatic heterocycles. The molecule has 1 atom stereocenters. The van der Waals surface area contributed by atoms with Crippen molar-refractivity contribution >= 4 is 17.6 Å². The molecule has 0 spiro atoms. The molecule has 1 unspecified atom stereocenters. The van der Waals surface area contributed by atoms with Crippen LogP contribution in [0, 0.1) is 0 Å². The molecule has 0 bridgehead atoms. The standard InChI is InChI=1S/C23H21ClO4/c1-2-22(27-20-10-8-18(24)9-11-20)23(25)28-21-14-12-19(13-15-21)26-16-17-6-4-3-5-7-17/h3-15,22H,2,16H2,1H3. The Balaban J connectivity index is 1.54. The Bertz CT molecular complexity index is 877. The molecule has 0 aliphatic carbocycles. The Morgan fingerprint density at radius 3 is 2.11 bits per heavy atom. The number of ether oxygens (including phenoxy) is 3. The molecule has 0 fully saturated rings. The second-order valence-corrected chi connectivity index (χ2v) is 6.57. The Kier molecular flexibility index (Phi) is 6.93. The summed E-state index contributed by atoms with van der Waals surface area (Å²) < 4.78 is 16.9. The van der Waals surface area contributed by atoms with Crippen molar-refractivity contribution in [2.75, 3.05) is 0 Å². The van der Waals surface area contributed by atoms with E-state index in [1.165, 1.54) is 0 Å². The highest BCUT2D eigenvalue weighted by atomic mass is 35.5. The minimum Gasteiger partial charge on any atom is -0.489 e. The van der Waals surface area contributed by atoms with Crippen molar-refractivity contribution < 1.29 is 19.0 Å². The molecule has 0 amide bonds. The summed E-state index contributed by atoms with van der Waals surface area (Å²) in [6.45, 7) is 2.34. The van der Waals surface area contributed by atoms with Gasteiger partial charge in [0, 0.05) is 5.02 Å². The van der Waals surface area contributed by atoms with E-state index in [2.05, 4.69) is 0 Å². The predicted octanol–water partition coefficient (Wildman–Crippen LogP) is 5.68. The number of benzene rings is 3. The SMILES string of the molecule is CCC(Oc1ccc(Cl)cc1)C(=O)Oc1ccc(OCc2ccccc2)cc1. The summed E-state index contributed by atoms with van der Waals surface area (Å²) in [4.78, 5) is 12.4. The van der Waals surface area contributed by atoms with E-state index in [9.17, 15) is 4.79 Å². The van der Waals surface area contributed by atoms with Gasteiger partial charge in [0.1, 0.15) is 23.9 Å². The smallest absolute Gasteiger partial charge is 0.352 e. The highest BCUT2D eigenvalue weighted by molar-refractivity contribution is 6.30. The van der Waals surface area contributed by atoms with Gasteiger partial charge in [0.15, 0.2) is 6.10 Å². The molecule has 0 N–H and O–H groups in total. The topological polar surface area (TPSA) is 44.8 Å². The summed E-state index contributed by atoms with van der Waals surface area (Å²) in [5.74, 6) is 1.26. The normalized spacial score (nSPS) is 11.5. The third-order valence-electron chi connectivity index (χ3n) is 4.02. The van der Waals surface area contributed by atoms with Crippen molar-refractivity contribution in [2.24, 2.45) is 0 Å². The maximum absolute atomic E-state index is 12.4. The fraction of sp³-hybridized carbons (Fsp3) is 0.174. The van der Waals surface area contributed by atoms with Crippen LogP contribution in [0.1, 0.15) is 18.9 Å². The van der Waals surface area contributed by atoms with Crippen LogP contribution in [0.5, 0.6) is 17.2 Å². The number of halogens is 1. The first kappa shape index (κ1) is 19.8. The minimum absolute atomic E-state index is 0.440. The summed E-state index contributed by atoms with van der Waals surface area (Å²) in [5.41, 5.74) is 1.09. The number of rotatable bonds is 8. The van der Waals surface area contributed by atoms with Crippen LogP contribution in [0.2, 0.25) is 5.02 Å². The van der Waals surface area contributed by atoms with Gasteiger partial charge in [-0.3, -0.25) is 0 Å². The van der Waals surface area contributed by atoms with Gasteiger partial charge in [0.25, 0.3) is 0 Å². The molecule has 0 aliphatic rings. The zero-order chi connectivity index (χ0) is 19.8. The second-order valence-electron chi connectivity index (χ2n) is 6.14. The van der Waals surface area contributed by atoms with Crippen LogP contribution < -0.4 is 14.2 Å². The van der Waals surface area contributed by atoms with Crippen molar-refractivity contribution in [3.8, 4) is 17.2 Å². The number of hydrogen-bond donors (Lipinski definition) is 0. The Morgan fingerprint density at radius 2 is 1.46 bits per heavy atom. The number of hydrogen-bond acceptors (Lipinski definition) is 4. The summed E-state index contributed by atoms with van der Waals surface area (Å²) in [6, 6.07) is 23.7. The van der Waals surface area contributed by atoms with Gasteiger partial charge in [0.2, 0.25) is 0 Å². The maximum atomic E-state index is 12.4. The first-order valence-corrected chi connectivity index (χ1v) is 9.42. The van der Waals surface area contributed by atoms with Crippen LogP contribution in [0.4, 0.5) is 0 Å². The van der Waals surface area contributed by atoms with Gasteiger partial charge < -0.3 is 14.2 Å². The molecule has 0 radical (unpaired) electrons. The molecule has 0 saturated heterocycles. The van der Waals surface area contributed by atoms with Gasteiger partial charge in [-0.25, -0.2) is 4.79 Å². The van der Waals surface area contributed by atoms with Crippen molar-refractivity contribution in [3.05, 3.63) is 89.4 Å². The van der Waals surface area contributed by atoms with Gasteiger partial charge in [-0.1, -0.05) is 48.9 Å². The highest BCUT2D eigenvalue weighted by Gasteiger charge is 2.21. The number of carbonyl (C=O) groups excluding carboxylic acids is 1. The highest BCUT2D eigenvalue weighted by Crippen LogP contribution is 2.21. The van der Waals surface area contributed by atoms with Crippen LogP contribution in [0.25, 0.3) is 0 Å². The van der Waals surface area contributed by atoms with Crippen LogP contribution in [-0.2, 0) is 11.4 Å². The molecule has 5 heteroatoms. The molecule has 0 aliphatic heterocycles. The lowest BCUT2D eigenvalue weighted by Gasteiger charge is -2.16. The third kappa shape index (κ3) is 5.76. The van der Waals surface area contributed by atoms with Crippen molar-refractivity contribution in [1.29, 1.82) is 0 Å². The van der Waals surface area contributed by atoms with Crippen LogP contribution >= 0.6 is 11.6 Å². The first-order chi connectivity index (χ1) is 13.6. The molecule has 3 rings (SSSR count). The predicted molar refractivity (Wildman–Crippen MR) is 109 cm³/mol. The molecular weight excluding hydrogens is 376 g/mol. The van der Waals surface area contributed by atoms with Crippen molar-refractivity contribution in [2.45, 2.75) is 26.1 Å². The van der Waals surface area contributed by atoms with Crippen LogP contribution in [0.3, 0.4) is 0 Å². The lowest BCUT2D eigenvalue weighted by Crippen LogP contribution is -2.30. The van der Waals surface area contributed by atoms with Crippen LogP contribution in [-0.4, -0.2) is 12.1 Å². The van der Waals surface area contributed by atoms with Crippen molar-refractivity contribution in [3.63, 3.8) is 0 Å². The van der Waals surface area contributed by atoms with Gasteiger partial charge in [-0.15, -0.1) is 0 Å². The zero-order valence-electron chi connectivity index (χ0n) is 15.5. The summed E-state index contributed by atoms with van der Waals surface area (Å²) in [6.07, 6.45) is -0.213. The lowest BCUT2D eigenvalue weighted by atomic mass is 10.2. The molecule has 28 heavy (non-hydrogen) atoms. The summed E-state index contributed by atoms with van der Waals surface area (Å²) in [5, 5.41) is 0.609. The second kappa shape index (κ2) is 9.81. The maximum Gasteiger partial charge on any atom is 0.352 e. The Labute approximate surface area is 169 Å². The number of esters is 1. The fourth-order valence-electron chi connectivity index (χ4n) is 2.50. The number of carbonyl (C=O) groups is 1. The van der Waals surface area contributed by atoms with E-state index in [4.69, 9.17) is 25.8 Å². The molecule has 3 aromatic rings. The van der Waals surface area contributed by atoms with E-state index in [-0.39, 0.29) is 0 Å². The van der Waals surface area contributed by atoms with Gasteiger partial charge in [0.05, 0.1) is 0 Å². The monoisotopic (exact) mass is 396 g/mol. The molecule has 144 valence electrons. The van der Waals surface area contributed by atoms with Crippen molar-refractivity contribution in [1.82, 2.24) is 0 Å². The molecule has 0 saturated carbocycles. The van der Waals surface area contributed by atoms with E-state index >= 15 is 0 Å². The molecular formula is C23H21ClO4. The average molecular weight is 397 g/mol. The molecule has 4 nitrogen and oxygen atoms in total. The summed E-state index contributed by atoms with van der Waals surface area (Å²) in [7, 11) is 0. The van der Waals surface area contributed by atoms with Gasteiger partial charge in [-0.2, -0.15) is 0 Å². The van der Waals surface area contributed by atoms with E-state index in [0.717, 1.165) is 5.56 Å². The fourth-order valence-corrected chi connectivity index (χ4v) is 2.63. The molecule has 3 aromatic carbocycles. The first-order valence-electron chi connectivity index (χ1n) is 9.04. The Morgan fingerprint density at radius 1 is 0.857 bits per heavy atom.